The lowest BCUT2D eigenvalue weighted by Gasteiger charge is -2.21. The first kappa shape index (κ1) is 16.0. The van der Waals surface area contributed by atoms with Gasteiger partial charge in [-0.2, -0.15) is 0 Å². The standard InChI is InChI=1S/C18H19NO5/c1-11-9-15-16(24-8-7-23-15)10-12(11)19-18(20)17-13(21-2)5-4-6-14(17)22-3/h4-6,9-10H,7-8H2,1-3H3,(H,19,20). The number of ether oxygens (including phenoxy) is 4. The minimum atomic E-state index is -0.316. The van der Waals surface area contributed by atoms with Gasteiger partial charge in [0.2, 0.25) is 0 Å². The van der Waals surface area contributed by atoms with E-state index in [0.29, 0.717) is 47.5 Å². The maximum atomic E-state index is 12.8. The molecule has 1 aliphatic heterocycles. The SMILES string of the molecule is COc1cccc(OC)c1C(=O)Nc1cc2c(cc1C)OCCO2. The molecule has 6 heteroatoms. The van der Waals surface area contributed by atoms with Gasteiger partial charge in [-0.25, -0.2) is 0 Å². The molecule has 0 atom stereocenters. The Morgan fingerprint density at radius 1 is 1.04 bits per heavy atom. The molecule has 6 nitrogen and oxygen atoms in total. The first-order chi connectivity index (χ1) is 11.6. The van der Waals surface area contributed by atoms with Crippen LogP contribution in [0.2, 0.25) is 0 Å². The van der Waals surface area contributed by atoms with Crippen LogP contribution in [0, 0.1) is 6.92 Å². The molecule has 1 amide bonds. The van der Waals surface area contributed by atoms with E-state index in [1.165, 1.54) is 14.2 Å². The third-order valence-electron chi connectivity index (χ3n) is 3.79. The number of aryl methyl sites for hydroxylation is 1. The van der Waals surface area contributed by atoms with Gasteiger partial charge < -0.3 is 24.3 Å². The maximum absolute atomic E-state index is 12.8. The van der Waals surface area contributed by atoms with Crippen molar-refractivity contribution in [2.75, 3.05) is 32.8 Å². The van der Waals surface area contributed by atoms with Crippen molar-refractivity contribution in [3.8, 4) is 23.0 Å². The summed E-state index contributed by atoms with van der Waals surface area (Å²) in [5, 5.41) is 2.89. The lowest BCUT2D eigenvalue weighted by molar-refractivity contribution is 0.102. The molecule has 0 bridgehead atoms. The topological polar surface area (TPSA) is 66.0 Å². The van der Waals surface area contributed by atoms with Gasteiger partial charge >= 0.3 is 0 Å². The summed E-state index contributed by atoms with van der Waals surface area (Å²) >= 11 is 0. The molecule has 0 fully saturated rings. The highest BCUT2D eigenvalue weighted by atomic mass is 16.6. The normalized spacial score (nSPS) is 12.5. The van der Waals surface area contributed by atoms with Gasteiger partial charge in [0, 0.05) is 11.8 Å². The number of methoxy groups -OCH3 is 2. The lowest BCUT2D eigenvalue weighted by atomic mass is 10.1. The van der Waals surface area contributed by atoms with E-state index in [2.05, 4.69) is 5.32 Å². The molecule has 0 saturated heterocycles. The zero-order valence-electron chi connectivity index (χ0n) is 13.8. The maximum Gasteiger partial charge on any atom is 0.263 e. The second-order valence-electron chi connectivity index (χ2n) is 5.30. The highest BCUT2D eigenvalue weighted by molar-refractivity contribution is 6.08. The van der Waals surface area contributed by atoms with E-state index in [1.807, 2.05) is 13.0 Å². The Bertz CT molecular complexity index is 750. The number of rotatable bonds is 4. The summed E-state index contributed by atoms with van der Waals surface area (Å²) < 4.78 is 21.7. The van der Waals surface area contributed by atoms with Crippen LogP contribution in [-0.2, 0) is 0 Å². The second kappa shape index (κ2) is 6.70. The number of hydrogen-bond donors (Lipinski definition) is 1. The zero-order valence-corrected chi connectivity index (χ0v) is 13.8. The summed E-state index contributed by atoms with van der Waals surface area (Å²) in [6, 6.07) is 8.82. The van der Waals surface area contributed by atoms with E-state index >= 15 is 0 Å². The number of hydrogen-bond acceptors (Lipinski definition) is 5. The Morgan fingerprint density at radius 2 is 1.62 bits per heavy atom. The number of benzene rings is 2. The van der Waals surface area contributed by atoms with Crippen LogP contribution in [0.15, 0.2) is 30.3 Å². The fourth-order valence-corrected chi connectivity index (χ4v) is 2.58. The minimum absolute atomic E-state index is 0.316. The Kier molecular flexibility index (Phi) is 4.46. The summed E-state index contributed by atoms with van der Waals surface area (Å²) in [5.74, 6) is 1.88. The van der Waals surface area contributed by atoms with Crippen LogP contribution in [0.25, 0.3) is 0 Å². The summed E-state index contributed by atoms with van der Waals surface area (Å²) in [7, 11) is 3.03. The van der Waals surface area contributed by atoms with Gasteiger partial charge in [-0.3, -0.25) is 4.79 Å². The van der Waals surface area contributed by atoms with Crippen LogP contribution in [-0.4, -0.2) is 33.3 Å². The van der Waals surface area contributed by atoms with Crippen LogP contribution in [0.3, 0.4) is 0 Å². The molecule has 24 heavy (non-hydrogen) atoms. The quantitative estimate of drug-likeness (QED) is 0.934. The fourth-order valence-electron chi connectivity index (χ4n) is 2.58. The van der Waals surface area contributed by atoms with Gasteiger partial charge in [0.15, 0.2) is 11.5 Å². The summed E-state index contributed by atoms with van der Waals surface area (Å²) in [5.41, 5.74) is 1.87. The van der Waals surface area contributed by atoms with Crippen molar-refractivity contribution in [2.45, 2.75) is 6.92 Å². The fraction of sp³-hybridized carbons (Fsp3) is 0.278. The van der Waals surface area contributed by atoms with Crippen molar-refractivity contribution < 1.29 is 23.7 Å². The Hall–Kier alpha value is -2.89. The second-order valence-corrected chi connectivity index (χ2v) is 5.30. The van der Waals surface area contributed by atoms with Gasteiger partial charge in [0.25, 0.3) is 5.91 Å². The molecule has 2 aromatic carbocycles. The molecule has 1 N–H and O–H groups in total. The highest BCUT2D eigenvalue weighted by Gasteiger charge is 2.20. The van der Waals surface area contributed by atoms with Crippen molar-refractivity contribution in [3.63, 3.8) is 0 Å². The Labute approximate surface area is 140 Å². The molecule has 0 saturated carbocycles. The molecule has 0 unspecified atom stereocenters. The number of carbonyl (C=O) groups is 1. The van der Waals surface area contributed by atoms with E-state index < -0.39 is 0 Å². The van der Waals surface area contributed by atoms with Crippen LogP contribution < -0.4 is 24.3 Å². The number of nitrogens with one attached hydrogen (secondary N) is 1. The molecular weight excluding hydrogens is 310 g/mol. The Balaban J connectivity index is 1.93. The van der Waals surface area contributed by atoms with Crippen molar-refractivity contribution in [3.05, 3.63) is 41.5 Å². The molecule has 1 aliphatic rings. The first-order valence-corrected chi connectivity index (χ1v) is 7.56. The van der Waals surface area contributed by atoms with Crippen molar-refractivity contribution in [1.82, 2.24) is 0 Å². The number of amides is 1. The minimum Gasteiger partial charge on any atom is -0.496 e. The molecule has 2 aromatic rings. The van der Waals surface area contributed by atoms with Crippen LogP contribution in [0.4, 0.5) is 5.69 Å². The number of anilines is 1. The van der Waals surface area contributed by atoms with Gasteiger partial charge in [0.05, 0.1) is 14.2 Å². The van der Waals surface area contributed by atoms with Crippen LogP contribution in [0.5, 0.6) is 23.0 Å². The van der Waals surface area contributed by atoms with Crippen molar-refractivity contribution in [1.29, 1.82) is 0 Å². The summed E-state index contributed by atoms with van der Waals surface area (Å²) in [4.78, 5) is 12.8. The first-order valence-electron chi connectivity index (χ1n) is 7.56. The van der Waals surface area contributed by atoms with Crippen molar-refractivity contribution in [2.24, 2.45) is 0 Å². The van der Waals surface area contributed by atoms with Gasteiger partial charge in [0.1, 0.15) is 30.3 Å². The highest BCUT2D eigenvalue weighted by Crippen LogP contribution is 2.36. The van der Waals surface area contributed by atoms with Crippen LogP contribution >= 0.6 is 0 Å². The van der Waals surface area contributed by atoms with Gasteiger partial charge in [-0.1, -0.05) is 6.07 Å². The molecular formula is C18H19NO5. The monoisotopic (exact) mass is 329 g/mol. The zero-order chi connectivity index (χ0) is 17.1. The third kappa shape index (κ3) is 2.95. The van der Waals surface area contributed by atoms with Gasteiger partial charge in [-0.05, 0) is 30.7 Å². The lowest BCUT2D eigenvalue weighted by Crippen LogP contribution is -2.18. The van der Waals surface area contributed by atoms with Gasteiger partial charge in [-0.15, -0.1) is 0 Å². The average Bonchev–Trinajstić information content (AvgIpc) is 2.61. The summed E-state index contributed by atoms with van der Waals surface area (Å²) in [6.07, 6.45) is 0. The number of fused-ring (bicyclic) bond motifs is 1. The molecule has 1 heterocycles. The summed E-state index contributed by atoms with van der Waals surface area (Å²) in [6.45, 7) is 2.91. The van der Waals surface area contributed by atoms with E-state index in [0.717, 1.165) is 5.56 Å². The molecule has 0 aromatic heterocycles. The van der Waals surface area contributed by atoms with E-state index in [9.17, 15) is 4.79 Å². The third-order valence-corrected chi connectivity index (χ3v) is 3.79. The predicted octanol–water partition coefficient (Wildman–Crippen LogP) is 3.04. The smallest absolute Gasteiger partial charge is 0.263 e. The largest absolute Gasteiger partial charge is 0.496 e. The molecule has 3 rings (SSSR count). The molecule has 0 aliphatic carbocycles. The average molecular weight is 329 g/mol. The predicted molar refractivity (Wildman–Crippen MR) is 89.7 cm³/mol. The van der Waals surface area contributed by atoms with Crippen molar-refractivity contribution >= 4 is 11.6 Å². The number of carbonyl (C=O) groups excluding carboxylic acids is 1. The van der Waals surface area contributed by atoms with E-state index in [-0.39, 0.29) is 5.91 Å². The van der Waals surface area contributed by atoms with E-state index in [1.54, 1.807) is 24.3 Å². The molecule has 0 radical (unpaired) electrons. The van der Waals surface area contributed by atoms with E-state index in [4.69, 9.17) is 18.9 Å². The molecule has 126 valence electrons. The molecule has 0 spiro atoms. The van der Waals surface area contributed by atoms with Crippen LogP contribution in [0.1, 0.15) is 15.9 Å². The Morgan fingerprint density at radius 3 is 2.21 bits per heavy atom.